The highest BCUT2D eigenvalue weighted by atomic mass is 127. The summed E-state index contributed by atoms with van der Waals surface area (Å²) in [6.45, 7) is 4.05. The highest BCUT2D eigenvalue weighted by Crippen LogP contribution is 2.21. The van der Waals surface area contributed by atoms with Gasteiger partial charge < -0.3 is 10.0 Å². The molecule has 3 nitrogen and oxygen atoms in total. The maximum Gasteiger partial charge on any atom is 0.253 e. The zero-order valence-corrected chi connectivity index (χ0v) is 11.9. The molecule has 1 amide bonds. The number of aromatic hydroxyl groups is 1. The minimum absolute atomic E-state index is 0.0546. The first-order valence-electron chi connectivity index (χ1n) is 5.23. The molecule has 0 bridgehead atoms. The van der Waals surface area contributed by atoms with E-state index < -0.39 is 0 Å². The molecule has 1 N–H and O–H groups in total. The molecule has 1 unspecified atom stereocenters. The molecule has 1 atom stereocenters. The molecule has 1 rings (SSSR count). The number of rotatable bonds is 3. The maximum atomic E-state index is 12.0. The standard InChI is InChI=1S/C12H16INO2/c1-4-8(2)14(3)12(16)9-5-6-10(13)11(15)7-9/h5-8,15H,4H2,1-3H3. The molecule has 0 spiro atoms. The van der Waals surface area contributed by atoms with Gasteiger partial charge in [0.05, 0.1) is 3.57 Å². The second-order valence-electron chi connectivity index (χ2n) is 3.84. The van der Waals surface area contributed by atoms with Crippen LogP contribution in [-0.2, 0) is 0 Å². The van der Waals surface area contributed by atoms with Crippen LogP contribution < -0.4 is 0 Å². The average Bonchev–Trinajstić information content (AvgIpc) is 2.29. The summed E-state index contributed by atoms with van der Waals surface area (Å²) in [7, 11) is 1.78. The van der Waals surface area contributed by atoms with Crippen molar-refractivity contribution < 1.29 is 9.90 Å². The number of halogens is 1. The van der Waals surface area contributed by atoms with E-state index in [9.17, 15) is 9.90 Å². The lowest BCUT2D eigenvalue weighted by Gasteiger charge is -2.23. The molecule has 4 heteroatoms. The quantitative estimate of drug-likeness (QED) is 0.864. The lowest BCUT2D eigenvalue weighted by atomic mass is 10.1. The van der Waals surface area contributed by atoms with Gasteiger partial charge in [-0.15, -0.1) is 0 Å². The van der Waals surface area contributed by atoms with Crippen molar-refractivity contribution in [3.05, 3.63) is 27.3 Å². The molecule has 88 valence electrons. The van der Waals surface area contributed by atoms with Crippen molar-refractivity contribution in [3.8, 4) is 5.75 Å². The Morgan fingerprint density at radius 3 is 2.69 bits per heavy atom. The summed E-state index contributed by atoms with van der Waals surface area (Å²) in [4.78, 5) is 13.7. The van der Waals surface area contributed by atoms with Gasteiger partial charge >= 0.3 is 0 Å². The smallest absolute Gasteiger partial charge is 0.253 e. The molecule has 0 saturated heterocycles. The summed E-state index contributed by atoms with van der Waals surface area (Å²) in [5, 5.41) is 9.55. The van der Waals surface area contributed by atoms with Crippen molar-refractivity contribution >= 4 is 28.5 Å². The summed E-state index contributed by atoms with van der Waals surface area (Å²) >= 11 is 2.03. The second-order valence-corrected chi connectivity index (χ2v) is 5.00. The number of hydrogen-bond acceptors (Lipinski definition) is 2. The molecule has 1 aromatic rings. The molecule has 16 heavy (non-hydrogen) atoms. The summed E-state index contributed by atoms with van der Waals surface area (Å²) in [6.07, 6.45) is 0.915. The number of benzene rings is 1. The average molecular weight is 333 g/mol. The first-order chi connectivity index (χ1) is 7.47. The Bertz CT molecular complexity index is 393. The van der Waals surface area contributed by atoms with Gasteiger partial charge in [-0.3, -0.25) is 4.79 Å². The Balaban J connectivity index is 2.92. The largest absolute Gasteiger partial charge is 0.507 e. The number of phenolic OH excluding ortho intramolecular Hbond substituents is 1. The van der Waals surface area contributed by atoms with E-state index in [-0.39, 0.29) is 17.7 Å². The third-order valence-corrected chi connectivity index (χ3v) is 3.68. The first-order valence-corrected chi connectivity index (χ1v) is 6.31. The Morgan fingerprint density at radius 2 is 2.19 bits per heavy atom. The second kappa shape index (κ2) is 5.52. The van der Waals surface area contributed by atoms with Crippen LogP contribution in [0.15, 0.2) is 18.2 Å². The lowest BCUT2D eigenvalue weighted by molar-refractivity contribution is 0.0740. The predicted molar refractivity (Wildman–Crippen MR) is 72.7 cm³/mol. The van der Waals surface area contributed by atoms with E-state index in [1.165, 1.54) is 6.07 Å². The zero-order chi connectivity index (χ0) is 12.3. The van der Waals surface area contributed by atoms with Crippen molar-refractivity contribution in [2.24, 2.45) is 0 Å². The molecule has 0 aliphatic rings. The van der Waals surface area contributed by atoms with Crippen molar-refractivity contribution in [1.29, 1.82) is 0 Å². The Morgan fingerprint density at radius 1 is 1.56 bits per heavy atom. The van der Waals surface area contributed by atoms with Crippen LogP contribution in [0.25, 0.3) is 0 Å². The fourth-order valence-electron chi connectivity index (χ4n) is 1.32. The Hall–Kier alpha value is -0.780. The number of phenols is 1. The van der Waals surface area contributed by atoms with Gasteiger partial charge in [-0.05, 0) is 54.1 Å². The van der Waals surface area contributed by atoms with E-state index >= 15 is 0 Å². The van der Waals surface area contributed by atoms with E-state index in [0.29, 0.717) is 5.56 Å². The molecular weight excluding hydrogens is 317 g/mol. The minimum Gasteiger partial charge on any atom is -0.507 e. The molecule has 0 fully saturated rings. The number of amides is 1. The number of carbonyl (C=O) groups is 1. The van der Waals surface area contributed by atoms with Gasteiger partial charge in [0, 0.05) is 18.7 Å². The van der Waals surface area contributed by atoms with Crippen molar-refractivity contribution in [2.45, 2.75) is 26.3 Å². The number of nitrogens with zero attached hydrogens (tertiary/aromatic N) is 1. The third-order valence-electron chi connectivity index (χ3n) is 2.77. The maximum absolute atomic E-state index is 12.0. The SMILES string of the molecule is CCC(C)N(C)C(=O)c1ccc(I)c(O)c1. The van der Waals surface area contributed by atoms with E-state index in [2.05, 4.69) is 0 Å². The van der Waals surface area contributed by atoms with Crippen molar-refractivity contribution in [1.82, 2.24) is 4.90 Å². The summed E-state index contributed by atoms with van der Waals surface area (Å²) < 4.78 is 0.750. The van der Waals surface area contributed by atoms with Gasteiger partial charge in [0.2, 0.25) is 0 Å². The zero-order valence-electron chi connectivity index (χ0n) is 9.70. The molecule has 0 aromatic heterocycles. The molecule has 0 aliphatic heterocycles. The van der Waals surface area contributed by atoms with Gasteiger partial charge in [-0.1, -0.05) is 6.92 Å². The predicted octanol–water partition coefficient (Wildman–Crippen LogP) is 2.87. The fraction of sp³-hybridized carbons (Fsp3) is 0.417. The van der Waals surface area contributed by atoms with Crippen molar-refractivity contribution in [2.75, 3.05) is 7.05 Å². The van der Waals surface area contributed by atoms with Crippen LogP contribution in [0.2, 0.25) is 0 Å². The monoisotopic (exact) mass is 333 g/mol. The van der Waals surface area contributed by atoms with E-state index in [1.54, 1.807) is 24.1 Å². The van der Waals surface area contributed by atoms with Gasteiger partial charge in [0.15, 0.2) is 0 Å². The molecule has 1 aromatic carbocycles. The lowest BCUT2D eigenvalue weighted by Crippen LogP contribution is -2.34. The third kappa shape index (κ3) is 2.87. The highest BCUT2D eigenvalue weighted by Gasteiger charge is 2.16. The highest BCUT2D eigenvalue weighted by molar-refractivity contribution is 14.1. The topological polar surface area (TPSA) is 40.5 Å². The normalized spacial score (nSPS) is 12.2. The number of hydrogen-bond donors (Lipinski definition) is 1. The molecule has 0 radical (unpaired) electrons. The van der Waals surface area contributed by atoms with E-state index in [4.69, 9.17) is 0 Å². The molecule has 0 aliphatic carbocycles. The molecular formula is C12H16INO2. The van der Waals surface area contributed by atoms with Gasteiger partial charge in [-0.25, -0.2) is 0 Å². The van der Waals surface area contributed by atoms with Crippen LogP contribution >= 0.6 is 22.6 Å². The van der Waals surface area contributed by atoms with Crippen LogP contribution in [0.3, 0.4) is 0 Å². The fourth-order valence-corrected chi connectivity index (χ4v) is 1.66. The summed E-state index contributed by atoms with van der Waals surface area (Å²) in [5.41, 5.74) is 0.528. The molecule has 0 heterocycles. The summed E-state index contributed by atoms with van der Waals surface area (Å²) in [5.74, 6) is 0.102. The van der Waals surface area contributed by atoms with E-state index in [1.807, 2.05) is 36.4 Å². The Labute approximate surface area is 110 Å². The summed E-state index contributed by atoms with van der Waals surface area (Å²) in [6, 6.07) is 5.20. The minimum atomic E-state index is -0.0546. The van der Waals surface area contributed by atoms with Gasteiger partial charge in [-0.2, -0.15) is 0 Å². The molecule has 0 saturated carbocycles. The Kier molecular flexibility index (Phi) is 4.58. The van der Waals surface area contributed by atoms with E-state index in [0.717, 1.165) is 9.99 Å². The van der Waals surface area contributed by atoms with Crippen LogP contribution in [0.1, 0.15) is 30.6 Å². The number of carbonyl (C=O) groups excluding carboxylic acids is 1. The van der Waals surface area contributed by atoms with Crippen LogP contribution in [-0.4, -0.2) is 29.0 Å². The van der Waals surface area contributed by atoms with Crippen LogP contribution in [0.4, 0.5) is 0 Å². The van der Waals surface area contributed by atoms with Crippen LogP contribution in [0.5, 0.6) is 5.75 Å². The van der Waals surface area contributed by atoms with Gasteiger partial charge in [0.1, 0.15) is 5.75 Å². The first kappa shape index (κ1) is 13.3. The van der Waals surface area contributed by atoms with Crippen molar-refractivity contribution in [3.63, 3.8) is 0 Å². The van der Waals surface area contributed by atoms with Crippen LogP contribution in [0, 0.1) is 3.57 Å². The van der Waals surface area contributed by atoms with Gasteiger partial charge in [0.25, 0.3) is 5.91 Å².